The maximum absolute atomic E-state index is 11.6. The van der Waals surface area contributed by atoms with E-state index >= 15 is 0 Å². The standard InChI is InChI=1S/C9H13ClN2O5S/c1-6-8(18(10,14)15)7(12-11-6)9(13)17-5-3-4-16-2/h3-5H2,1-2H3,(H,11,12). The molecular formula is C9H13ClN2O5S. The first-order valence-electron chi connectivity index (χ1n) is 5.03. The number of nitrogens with zero attached hydrogens (tertiary/aromatic N) is 1. The van der Waals surface area contributed by atoms with Crippen LogP contribution in [0.3, 0.4) is 0 Å². The maximum Gasteiger partial charge on any atom is 0.360 e. The van der Waals surface area contributed by atoms with Gasteiger partial charge in [0.25, 0.3) is 9.05 Å². The predicted molar refractivity (Wildman–Crippen MR) is 63.1 cm³/mol. The minimum atomic E-state index is -4.05. The van der Waals surface area contributed by atoms with E-state index in [0.717, 1.165) is 0 Å². The molecule has 102 valence electrons. The summed E-state index contributed by atoms with van der Waals surface area (Å²) in [7, 11) is 2.70. The van der Waals surface area contributed by atoms with Gasteiger partial charge in [-0.2, -0.15) is 5.10 Å². The normalized spacial score (nSPS) is 11.5. The Hall–Kier alpha value is -1.12. The fraction of sp³-hybridized carbons (Fsp3) is 0.556. The molecule has 1 aromatic heterocycles. The molecule has 0 radical (unpaired) electrons. The first-order valence-corrected chi connectivity index (χ1v) is 7.34. The molecule has 0 spiro atoms. The van der Waals surface area contributed by atoms with Crippen molar-refractivity contribution in [2.75, 3.05) is 20.3 Å². The maximum atomic E-state index is 11.6. The Labute approximate surface area is 109 Å². The van der Waals surface area contributed by atoms with Crippen LogP contribution in [0, 0.1) is 6.92 Å². The fourth-order valence-electron chi connectivity index (χ4n) is 1.29. The van der Waals surface area contributed by atoms with Crippen LogP contribution >= 0.6 is 10.7 Å². The highest BCUT2D eigenvalue weighted by atomic mass is 35.7. The van der Waals surface area contributed by atoms with Gasteiger partial charge in [0.05, 0.1) is 12.3 Å². The number of carbonyl (C=O) groups excluding carboxylic acids is 1. The second-order valence-electron chi connectivity index (χ2n) is 3.45. The van der Waals surface area contributed by atoms with Crippen molar-refractivity contribution in [3.8, 4) is 0 Å². The summed E-state index contributed by atoms with van der Waals surface area (Å²) in [4.78, 5) is 11.3. The summed E-state index contributed by atoms with van der Waals surface area (Å²) in [5.41, 5.74) is -0.145. The van der Waals surface area contributed by atoms with Gasteiger partial charge in [0.1, 0.15) is 4.90 Å². The van der Waals surface area contributed by atoms with Crippen molar-refractivity contribution >= 4 is 25.7 Å². The summed E-state index contributed by atoms with van der Waals surface area (Å²) in [6, 6.07) is 0. The quantitative estimate of drug-likeness (QED) is 0.474. The molecule has 0 saturated carbocycles. The minimum absolute atomic E-state index is 0.111. The first-order chi connectivity index (χ1) is 8.38. The summed E-state index contributed by atoms with van der Waals surface area (Å²) < 4.78 is 32.2. The molecular weight excluding hydrogens is 284 g/mol. The van der Waals surface area contributed by atoms with Gasteiger partial charge in [-0.05, 0) is 6.92 Å². The number of carbonyl (C=O) groups is 1. The van der Waals surface area contributed by atoms with Crippen molar-refractivity contribution in [3.63, 3.8) is 0 Å². The average Bonchev–Trinajstić information content (AvgIpc) is 2.66. The van der Waals surface area contributed by atoms with Gasteiger partial charge in [-0.25, -0.2) is 13.2 Å². The van der Waals surface area contributed by atoms with Gasteiger partial charge in [-0.1, -0.05) is 0 Å². The molecule has 7 nitrogen and oxygen atoms in total. The summed E-state index contributed by atoms with van der Waals surface area (Å²) in [5.74, 6) is -0.838. The Kier molecular flexibility index (Phi) is 5.12. The zero-order chi connectivity index (χ0) is 13.8. The number of aromatic amines is 1. The molecule has 0 aliphatic rings. The topological polar surface area (TPSA) is 98.3 Å². The lowest BCUT2D eigenvalue weighted by molar-refractivity contribution is 0.0457. The van der Waals surface area contributed by atoms with Crippen LogP contribution in [0.25, 0.3) is 0 Å². The average molecular weight is 297 g/mol. The van der Waals surface area contributed by atoms with E-state index in [0.29, 0.717) is 13.0 Å². The number of halogens is 1. The zero-order valence-corrected chi connectivity index (χ0v) is 11.5. The van der Waals surface area contributed by atoms with E-state index in [2.05, 4.69) is 10.2 Å². The van der Waals surface area contributed by atoms with Crippen molar-refractivity contribution in [2.45, 2.75) is 18.2 Å². The van der Waals surface area contributed by atoms with Crippen LogP contribution < -0.4 is 0 Å². The van der Waals surface area contributed by atoms with Crippen LogP contribution in [0.1, 0.15) is 22.6 Å². The van der Waals surface area contributed by atoms with Crippen LogP contribution in [-0.4, -0.2) is 44.9 Å². The van der Waals surface area contributed by atoms with Gasteiger partial charge < -0.3 is 9.47 Å². The van der Waals surface area contributed by atoms with E-state index in [9.17, 15) is 13.2 Å². The number of aromatic nitrogens is 2. The summed E-state index contributed by atoms with van der Waals surface area (Å²) in [6.45, 7) is 2.00. The fourth-order valence-corrected chi connectivity index (χ4v) is 2.63. The van der Waals surface area contributed by atoms with Crippen LogP contribution in [-0.2, 0) is 18.5 Å². The highest BCUT2D eigenvalue weighted by Gasteiger charge is 2.27. The molecule has 0 aliphatic heterocycles. The van der Waals surface area contributed by atoms with E-state index in [-0.39, 0.29) is 22.9 Å². The van der Waals surface area contributed by atoms with Gasteiger partial charge in [-0.3, -0.25) is 5.10 Å². The van der Waals surface area contributed by atoms with E-state index in [1.54, 1.807) is 0 Å². The zero-order valence-electron chi connectivity index (χ0n) is 9.90. The number of nitrogens with one attached hydrogen (secondary N) is 1. The number of ether oxygens (including phenoxy) is 2. The molecule has 1 aromatic rings. The molecule has 1 heterocycles. The SMILES string of the molecule is COCCCOC(=O)c1n[nH]c(C)c1S(=O)(=O)Cl. The molecule has 0 unspecified atom stereocenters. The van der Waals surface area contributed by atoms with Gasteiger partial charge in [0.15, 0.2) is 5.69 Å². The van der Waals surface area contributed by atoms with E-state index in [1.165, 1.54) is 14.0 Å². The highest BCUT2D eigenvalue weighted by molar-refractivity contribution is 8.13. The van der Waals surface area contributed by atoms with Crippen molar-refractivity contribution in [3.05, 3.63) is 11.4 Å². The monoisotopic (exact) mass is 296 g/mol. The van der Waals surface area contributed by atoms with Gasteiger partial charge in [-0.15, -0.1) is 0 Å². The van der Waals surface area contributed by atoms with E-state index in [1.807, 2.05) is 0 Å². The smallest absolute Gasteiger partial charge is 0.360 e. The molecule has 0 aromatic carbocycles. The summed E-state index contributed by atoms with van der Waals surface area (Å²) in [6.07, 6.45) is 0.509. The Morgan fingerprint density at radius 2 is 2.11 bits per heavy atom. The third-order valence-corrected chi connectivity index (χ3v) is 3.50. The third kappa shape index (κ3) is 3.69. The lowest BCUT2D eigenvalue weighted by Gasteiger charge is -2.03. The lowest BCUT2D eigenvalue weighted by atomic mass is 10.4. The number of H-pyrrole nitrogens is 1. The number of hydrogen-bond donors (Lipinski definition) is 1. The van der Waals surface area contributed by atoms with Crippen molar-refractivity contribution in [2.24, 2.45) is 0 Å². The molecule has 1 N–H and O–H groups in total. The van der Waals surface area contributed by atoms with Crippen molar-refractivity contribution in [1.29, 1.82) is 0 Å². The number of aryl methyl sites for hydroxylation is 1. The van der Waals surface area contributed by atoms with E-state index in [4.69, 9.17) is 20.2 Å². The second-order valence-corrected chi connectivity index (χ2v) is 5.95. The third-order valence-electron chi connectivity index (χ3n) is 2.05. The van der Waals surface area contributed by atoms with E-state index < -0.39 is 15.0 Å². The number of rotatable bonds is 6. The minimum Gasteiger partial charge on any atom is -0.461 e. The Morgan fingerprint density at radius 3 is 2.67 bits per heavy atom. The summed E-state index contributed by atoms with van der Waals surface area (Å²) >= 11 is 0. The highest BCUT2D eigenvalue weighted by Crippen LogP contribution is 2.22. The molecule has 1 rings (SSSR count). The molecule has 0 amide bonds. The second kappa shape index (κ2) is 6.17. The Bertz CT molecular complexity index is 525. The molecule has 0 aliphatic carbocycles. The number of esters is 1. The molecule has 0 atom stereocenters. The van der Waals surface area contributed by atoms with Crippen LogP contribution in [0.15, 0.2) is 4.90 Å². The number of methoxy groups -OCH3 is 1. The van der Waals surface area contributed by atoms with Gasteiger partial charge in [0.2, 0.25) is 0 Å². The Morgan fingerprint density at radius 1 is 1.44 bits per heavy atom. The first kappa shape index (κ1) is 14.9. The van der Waals surface area contributed by atoms with Crippen LogP contribution in [0.2, 0.25) is 0 Å². The van der Waals surface area contributed by atoms with Gasteiger partial charge in [0, 0.05) is 30.8 Å². The molecule has 9 heteroatoms. The molecule has 0 saturated heterocycles. The predicted octanol–water partition coefficient (Wildman–Crippen LogP) is 0.839. The molecule has 0 bridgehead atoms. The molecule has 0 fully saturated rings. The Balaban J connectivity index is 2.81. The van der Waals surface area contributed by atoms with Crippen LogP contribution in [0.5, 0.6) is 0 Å². The van der Waals surface area contributed by atoms with Crippen LogP contribution in [0.4, 0.5) is 0 Å². The lowest BCUT2D eigenvalue weighted by Crippen LogP contribution is -2.11. The largest absolute Gasteiger partial charge is 0.461 e. The van der Waals surface area contributed by atoms with Gasteiger partial charge >= 0.3 is 5.97 Å². The summed E-state index contributed by atoms with van der Waals surface area (Å²) in [5, 5.41) is 5.97. The molecule has 18 heavy (non-hydrogen) atoms. The number of hydrogen-bond acceptors (Lipinski definition) is 6. The van der Waals surface area contributed by atoms with Crippen molar-refractivity contribution < 1.29 is 22.7 Å². The van der Waals surface area contributed by atoms with Crippen molar-refractivity contribution in [1.82, 2.24) is 10.2 Å².